The summed E-state index contributed by atoms with van der Waals surface area (Å²) in [5.74, 6) is 0.274. The second-order valence-electron chi connectivity index (χ2n) is 7.36. The quantitative estimate of drug-likeness (QED) is 0.441. The molecule has 29 heavy (non-hydrogen) atoms. The van der Waals surface area contributed by atoms with E-state index in [0.29, 0.717) is 5.82 Å². The second-order valence-corrected chi connectivity index (χ2v) is 7.77. The third kappa shape index (κ3) is 4.60. The van der Waals surface area contributed by atoms with E-state index in [-0.39, 0.29) is 28.7 Å². The fourth-order valence-corrected chi connectivity index (χ4v) is 2.90. The van der Waals surface area contributed by atoms with E-state index in [0.717, 1.165) is 5.56 Å². The number of carbonyl (C=O) groups is 1. The van der Waals surface area contributed by atoms with Gasteiger partial charge < -0.3 is 9.42 Å². The summed E-state index contributed by atoms with van der Waals surface area (Å²) in [5.41, 5.74) is 0.0196. The summed E-state index contributed by atoms with van der Waals surface area (Å²) in [5, 5.41) is 15.1. The Morgan fingerprint density at radius 1 is 1.21 bits per heavy atom. The molecule has 0 aliphatic carbocycles. The van der Waals surface area contributed by atoms with Crippen molar-refractivity contribution < 1.29 is 14.2 Å². The van der Waals surface area contributed by atoms with Crippen molar-refractivity contribution in [1.82, 2.24) is 15.0 Å². The summed E-state index contributed by atoms with van der Waals surface area (Å²) >= 11 is 5.86. The molecule has 1 heterocycles. The van der Waals surface area contributed by atoms with Gasteiger partial charge in [0.25, 0.3) is 11.6 Å². The van der Waals surface area contributed by atoms with Crippen molar-refractivity contribution in [3.8, 4) is 11.4 Å². The van der Waals surface area contributed by atoms with Crippen LogP contribution in [0.3, 0.4) is 0 Å². The molecule has 3 aromatic rings. The number of carbonyl (C=O) groups excluding carboxylic acids is 1. The van der Waals surface area contributed by atoms with E-state index in [4.69, 9.17) is 16.1 Å². The standard InChI is InChI=1S/C20H19ClN4O4/c1-20(2,3)24(19(26)14-9-10-15(21)16(11-14)25(27)28)12-17-22-18(23-29-17)13-7-5-4-6-8-13/h4-11H,12H2,1-3H3. The van der Waals surface area contributed by atoms with Gasteiger partial charge in [-0.25, -0.2) is 0 Å². The van der Waals surface area contributed by atoms with E-state index < -0.39 is 16.4 Å². The van der Waals surface area contributed by atoms with Crippen LogP contribution in [0.15, 0.2) is 53.1 Å². The van der Waals surface area contributed by atoms with Crippen molar-refractivity contribution in [2.75, 3.05) is 0 Å². The molecule has 150 valence electrons. The molecule has 0 saturated heterocycles. The Hall–Kier alpha value is -3.26. The molecule has 0 bridgehead atoms. The number of hydrogen-bond acceptors (Lipinski definition) is 6. The number of aromatic nitrogens is 2. The molecule has 0 saturated carbocycles. The number of amides is 1. The van der Waals surface area contributed by atoms with Gasteiger partial charge in [0.05, 0.1) is 4.92 Å². The van der Waals surface area contributed by atoms with E-state index >= 15 is 0 Å². The minimum Gasteiger partial charge on any atom is -0.337 e. The van der Waals surface area contributed by atoms with Crippen molar-refractivity contribution in [2.24, 2.45) is 0 Å². The molecule has 0 unspecified atom stereocenters. The number of rotatable bonds is 5. The van der Waals surface area contributed by atoms with Gasteiger partial charge in [0.2, 0.25) is 11.7 Å². The maximum absolute atomic E-state index is 13.1. The normalized spacial score (nSPS) is 11.3. The van der Waals surface area contributed by atoms with Crippen molar-refractivity contribution in [3.05, 3.63) is 75.1 Å². The average molecular weight is 415 g/mol. The highest BCUT2D eigenvalue weighted by atomic mass is 35.5. The monoisotopic (exact) mass is 414 g/mol. The Balaban J connectivity index is 1.90. The fourth-order valence-electron chi connectivity index (χ4n) is 2.71. The van der Waals surface area contributed by atoms with Crippen LogP contribution in [0.4, 0.5) is 5.69 Å². The Morgan fingerprint density at radius 2 is 1.90 bits per heavy atom. The van der Waals surface area contributed by atoms with Gasteiger partial charge in [0, 0.05) is 22.7 Å². The van der Waals surface area contributed by atoms with Crippen LogP contribution in [0.1, 0.15) is 37.0 Å². The van der Waals surface area contributed by atoms with Crippen LogP contribution in [-0.4, -0.2) is 31.4 Å². The number of hydrogen-bond donors (Lipinski definition) is 0. The summed E-state index contributed by atoms with van der Waals surface area (Å²) < 4.78 is 5.33. The molecule has 2 aromatic carbocycles. The molecule has 3 rings (SSSR count). The first kappa shape index (κ1) is 20.5. The summed E-state index contributed by atoms with van der Waals surface area (Å²) in [4.78, 5) is 29.5. The van der Waals surface area contributed by atoms with Crippen LogP contribution in [0.2, 0.25) is 5.02 Å². The lowest BCUT2D eigenvalue weighted by molar-refractivity contribution is -0.384. The lowest BCUT2D eigenvalue weighted by atomic mass is 10.0. The Bertz CT molecular complexity index is 1040. The lowest BCUT2D eigenvalue weighted by Gasteiger charge is -2.34. The van der Waals surface area contributed by atoms with Gasteiger partial charge >= 0.3 is 0 Å². The van der Waals surface area contributed by atoms with Crippen LogP contribution in [0.25, 0.3) is 11.4 Å². The minimum atomic E-state index is -0.620. The highest BCUT2D eigenvalue weighted by molar-refractivity contribution is 6.32. The molecule has 0 radical (unpaired) electrons. The SMILES string of the molecule is CC(C)(C)N(Cc1nc(-c2ccccc2)no1)C(=O)c1ccc(Cl)c([N+](=O)[O-])c1. The summed E-state index contributed by atoms with van der Waals surface area (Å²) in [6.07, 6.45) is 0. The zero-order chi connectivity index (χ0) is 21.2. The van der Waals surface area contributed by atoms with Crippen LogP contribution in [-0.2, 0) is 6.54 Å². The third-order valence-corrected chi connectivity index (χ3v) is 4.56. The number of nitro benzene ring substituents is 1. The summed E-state index contributed by atoms with van der Waals surface area (Å²) in [7, 11) is 0. The van der Waals surface area contributed by atoms with Gasteiger partial charge in [-0.15, -0.1) is 0 Å². The summed E-state index contributed by atoms with van der Waals surface area (Å²) in [6.45, 7) is 5.61. The van der Waals surface area contributed by atoms with Gasteiger partial charge in [-0.1, -0.05) is 47.1 Å². The fraction of sp³-hybridized carbons (Fsp3) is 0.250. The van der Waals surface area contributed by atoms with Crippen molar-refractivity contribution in [1.29, 1.82) is 0 Å². The first-order valence-electron chi connectivity index (χ1n) is 8.81. The molecule has 0 spiro atoms. The molecule has 0 fully saturated rings. The Morgan fingerprint density at radius 3 is 2.52 bits per heavy atom. The predicted molar refractivity (Wildman–Crippen MR) is 107 cm³/mol. The number of halogens is 1. The average Bonchev–Trinajstić information content (AvgIpc) is 3.14. The van der Waals surface area contributed by atoms with E-state index in [2.05, 4.69) is 10.1 Å². The topological polar surface area (TPSA) is 102 Å². The predicted octanol–water partition coefficient (Wildman–Crippen LogP) is 4.74. The highest BCUT2D eigenvalue weighted by Crippen LogP contribution is 2.28. The molecule has 1 amide bonds. The van der Waals surface area contributed by atoms with Gasteiger partial charge in [0.15, 0.2) is 0 Å². The van der Waals surface area contributed by atoms with Crippen LogP contribution in [0, 0.1) is 10.1 Å². The van der Waals surface area contributed by atoms with E-state index in [1.807, 2.05) is 51.1 Å². The van der Waals surface area contributed by atoms with Gasteiger partial charge in [-0.05, 0) is 32.9 Å². The number of nitro groups is 1. The van der Waals surface area contributed by atoms with Gasteiger partial charge in [-0.3, -0.25) is 14.9 Å². The molecular weight excluding hydrogens is 396 g/mol. The maximum atomic E-state index is 13.1. The summed E-state index contributed by atoms with van der Waals surface area (Å²) in [6, 6.07) is 13.3. The van der Waals surface area contributed by atoms with Crippen molar-refractivity contribution in [3.63, 3.8) is 0 Å². The smallest absolute Gasteiger partial charge is 0.288 e. The minimum absolute atomic E-state index is 0.0294. The molecule has 8 nitrogen and oxygen atoms in total. The van der Waals surface area contributed by atoms with Crippen LogP contribution in [0.5, 0.6) is 0 Å². The molecule has 9 heteroatoms. The molecule has 0 aliphatic heterocycles. The largest absolute Gasteiger partial charge is 0.337 e. The molecule has 1 aromatic heterocycles. The van der Waals surface area contributed by atoms with E-state index in [9.17, 15) is 14.9 Å². The maximum Gasteiger partial charge on any atom is 0.288 e. The van der Waals surface area contributed by atoms with Gasteiger partial charge in [0.1, 0.15) is 11.6 Å². The number of nitrogens with zero attached hydrogens (tertiary/aromatic N) is 4. The van der Waals surface area contributed by atoms with Crippen molar-refractivity contribution >= 4 is 23.2 Å². The zero-order valence-corrected chi connectivity index (χ0v) is 16.9. The van der Waals surface area contributed by atoms with Crippen molar-refractivity contribution in [2.45, 2.75) is 32.9 Å². The number of benzene rings is 2. The first-order chi connectivity index (χ1) is 13.7. The first-order valence-corrected chi connectivity index (χ1v) is 9.18. The third-order valence-electron chi connectivity index (χ3n) is 4.24. The Kier molecular flexibility index (Phi) is 5.65. The molecular formula is C20H19ClN4O4. The second kappa shape index (κ2) is 8.00. The zero-order valence-electron chi connectivity index (χ0n) is 16.1. The Labute approximate surface area is 172 Å². The van der Waals surface area contributed by atoms with E-state index in [1.54, 1.807) is 0 Å². The molecule has 0 aliphatic rings. The molecule has 0 atom stereocenters. The van der Waals surface area contributed by atoms with E-state index in [1.165, 1.54) is 23.1 Å². The van der Waals surface area contributed by atoms with Crippen LogP contribution >= 0.6 is 11.6 Å². The van der Waals surface area contributed by atoms with Gasteiger partial charge in [-0.2, -0.15) is 4.98 Å². The highest BCUT2D eigenvalue weighted by Gasteiger charge is 2.30. The lowest BCUT2D eigenvalue weighted by Crippen LogP contribution is -2.45. The molecule has 0 N–H and O–H groups in total. The van der Waals surface area contributed by atoms with Crippen LogP contribution < -0.4 is 0 Å².